The molecule has 1 aliphatic heterocycles. The van der Waals surface area contributed by atoms with Crippen LogP contribution >= 0.6 is 0 Å². The van der Waals surface area contributed by atoms with E-state index in [4.69, 9.17) is 0 Å². The molecule has 1 fully saturated rings. The van der Waals surface area contributed by atoms with E-state index in [9.17, 15) is 52.7 Å². The second-order valence-corrected chi connectivity index (χ2v) is 4.90. The highest BCUT2D eigenvalue weighted by atomic mass is 19.4. The third-order valence-electron chi connectivity index (χ3n) is 3.07. The SMILES string of the molecule is FC(C(F)(COCC1CO1)C(F)(F)F)C(F)(C(F)(F)F)C(F)(F)F. The third kappa shape index (κ3) is 3.68. The molecule has 144 valence electrons. The molecule has 3 atom stereocenters. The average Bonchev–Trinajstić information content (AvgIpc) is 3.16. The van der Waals surface area contributed by atoms with Crippen molar-refractivity contribution >= 4 is 0 Å². The number of rotatable bonds is 6. The van der Waals surface area contributed by atoms with Crippen molar-refractivity contribution in [1.29, 1.82) is 0 Å². The van der Waals surface area contributed by atoms with E-state index in [-0.39, 0.29) is 6.61 Å². The molecular formula is C10H8F12O2. The van der Waals surface area contributed by atoms with Gasteiger partial charge in [-0.25, -0.2) is 13.2 Å². The molecule has 0 amide bonds. The number of hydrogen-bond acceptors (Lipinski definition) is 2. The summed E-state index contributed by atoms with van der Waals surface area (Å²) < 4.78 is 161. The number of hydrogen-bond donors (Lipinski definition) is 0. The standard InChI is InChI=1S/C10H8F12O2/c11-5(7(13,9(17,18)19)10(20,21)22)6(12,8(14,15)16)3-23-1-4-2-24-4/h4-5H,1-3H2. The molecule has 0 saturated carbocycles. The minimum Gasteiger partial charge on any atom is -0.375 e. The minimum absolute atomic E-state index is 0.0670. The van der Waals surface area contributed by atoms with Crippen LogP contribution in [0.15, 0.2) is 0 Å². The van der Waals surface area contributed by atoms with Gasteiger partial charge in [0.25, 0.3) is 5.67 Å². The van der Waals surface area contributed by atoms with Gasteiger partial charge in [-0.05, 0) is 0 Å². The largest absolute Gasteiger partial charge is 0.434 e. The molecule has 0 aromatic heterocycles. The van der Waals surface area contributed by atoms with Gasteiger partial charge >= 0.3 is 24.2 Å². The summed E-state index contributed by atoms with van der Waals surface area (Å²) in [5, 5.41) is 0. The average molecular weight is 388 g/mol. The summed E-state index contributed by atoms with van der Waals surface area (Å²) in [6, 6.07) is 0. The third-order valence-corrected chi connectivity index (χ3v) is 3.07. The normalized spacial score (nSPS) is 23.8. The first-order valence-electron chi connectivity index (χ1n) is 5.90. The quantitative estimate of drug-likeness (QED) is 0.510. The topological polar surface area (TPSA) is 21.8 Å². The molecule has 1 saturated heterocycles. The van der Waals surface area contributed by atoms with Gasteiger partial charge in [-0.3, -0.25) is 0 Å². The molecule has 0 aromatic carbocycles. The van der Waals surface area contributed by atoms with E-state index in [1.807, 2.05) is 0 Å². The molecule has 24 heavy (non-hydrogen) atoms. The Labute approximate surface area is 125 Å². The summed E-state index contributed by atoms with van der Waals surface area (Å²) in [5.74, 6) is 0. The van der Waals surface area contributed by atoms with Crippen LogP contribution in [0, 0.1) is 0 Å². The van der Waals surface area contributed by atoms with Crippen molar-refractivity contribution < 1.29 is 62.2 Å². The van der Waals surface area contributed by atoms with Crippen LogP contribution < -0.4 is 0 Å². The van der Waals surface area contributed by atoms with Gasteiger partial charge in [0.2, 0.25) is 0 Å². The van der Waals surface area contributed by atoms with Crippen molar-refractivity contribution in [3.8, 4) is 0 Å². The van der Waals surface area contributed by atoms with E-state index in [0.717, 1.165) is 0 Å². The molecule has 14 heteroatoms. The van der Waals surface area contributed by atoms with Gasteiger partial charge in [-0.2, -0.15) is 39.5 Å². The van der Waals surface area contributed by atoms with E-state index in [2.05, 4.69) is 9.47 Å². The zero-order chi connectivity index (χ0) is 19.2. The van der Waals surface area contributed by atoms with Gasteiger partial charge in [0.05, 0.1) is 19.8 Å². The lowest BCUT2D eigenvalue weighted by molar-refractivity contribution is -0.385. The lowest BCUT2D eigenvalue weighted by Gasteiger charge is -2.39. The Kier molecular flexibility index (Phi) is 5.38. The zero-order valence-corrected chi connectivity index (χ0v) is 11.1. The fraction of sp³-hybridized carbons (Fsp3) is 1.00. The maximum Gasteiger partial charge on any atom is 0.434 e. The Hall–Kier alpha value is -0.920. The molecule has 2 nitrogen and oxygen atoms in total. The second kappa shape index (κ2) is 6.11. The van der Waals surface area contributed by atoms with Gasteiger partial charge in [-0.15, -0.1) is 0 Å². The van der Waals surface area contributed by atoms with Crippen molar-refractivity contribution in [3.63, 3.8) is 0 Å². The zero-order valence-electron chi connectivity index (χ0n) is 11.1. The van der Waals surface area contributed by atoms with Crippen LogP contribution in [-0.2, 0) is 9.47 Å². The van der Waals surface area contributed by atoms with Crippen molar-refractivity contribution in [2.24, 2.45) is 0 Å². The molecule has 0 aliphatic carbocycles. The van der Waals surface area contributed by atoms with E-state index >= 15 is 0 Å². The summed E-state index contributed by atoms with van der Waals surface area (Å²) in [5.41, 5.74) is -13.0. The van der Waals surface area contributed by atoms with Crippen LogP contribution in [-0.4, -0.2) is 62.0 Å². The lowest BCUT2D eigenvalue weighted by atomic mass is 9.85. The predicted octanol–water partition coefficient (Wildman–Crippen LogP) is 3.84. The molecule has 1 heterocycles. The molecule has 0 spiro atoms. The van der Waals surface area contributed by atoms with Crippen LogP contribution in [0.5, 0.6) is 0 Å². The van der Waals surface area contributed by atoms with Gasteiger partial charge in [-0.1, -0.05) is 0 Å². The number of epoxide rings is 1. The Morgan fingerprint density at radius 1 is 0.833 bits per heavy atom. The van der Waals surface area contributed by atoms with Crippen LogP contribution in [0.25, 0.3) is 0 Å². The highest BCUT2D eigenvalue weighted by molar-refractivity contribution is 5.11. The minimum atomic E-state index is -7.20. The summed E-state index contributed by atoms with van der Waals surface area (Å²) >= 11 is 0. The molecule has 0 radical (unpaired) electrons. The van der Waals surface area contributed by atoms with E-state index in [0.29, 0.717) is 0 Å². The van der Waals surface area contributed by atoms with Crippen molar-refractivity contribution in [1.82, 2.24) is 0 Å². The van der Waals surface area contributed by atoms with Crippen LogP contribution in [0.1, 0.15) is 0 Å². The predicted molar refractivity (Wildman–Crippen MR) is 51.3 cm³/mol. The molecular weight excluding hydrogens is 380 g/mol. The summed E-state index contributed by atoms with van der Waals surface area (Å²) in [6.07, 6.45) is -27.6. The van der Waals surface area contributed by atoms with Crippen LogP contribution in [0.2, 0.25) is 0 Å². The molecule has 0 aromatic rings. The number of alkyl halides is 12. The molecule has 1 aliphatic rings. The fourth-order valence-corrected chi connectivity index (χ4v) is 1.57. The molecule has 3 unspecified atom stereocenters. The van der Waals surface area contributed by atoms with E-state index in [1.165, 1.54) is 0 Å². The molecule has 0 N–H and O–H groups in total. The highest BCUT2D eigenvalue weighted by Gasteiger charge is 2.84. The van der Waals surface area contributed by atoms with Crippen LogP contribution in [0.3, 0.4) is 0 Å². The number of ether oxygens (including phenoxy) is 2. The summed E-state index contributed by atoms with van der Waals surface area (Å²) in [4.78, 5) is 0. The molecule has 0 bridgehead atoms. The monoisotopic (exact) mass is 388 g/mol. The fourth-order valence-electron chi connectivity index (χ4n) is 1.57. The van der Waals surface area contributed by atoms with E-state index in [1.54, 1.807) is 0 Å². The smallest absolute Gasteiger partial charge is 0.375 e. The maximum atomic E-state index is 13.8. The lowest BCUT2D eigenvalue weighted by Crippen LogP contribution is -2.69. The Bertz CT molecular complexity index is 423. The van der Waals surface area contributed by atoms with E-state index < -0.39 is 55.4 Å². The maximum absolute atomic E-state index is 13.8. The second-order valence-electron chi connectivity index (χ2n) is 4.90. The van der Waals surface area contributed by atoms with Crippen molar-refractivity contribution in [2.75, 3.05) is 19.8 Å². The number of halogens is 12. The Balaban J connectivity index is 3.22. The van der Waals surface area contributed by atoms with Crippen molar-refractivity contribution in [2.45, 2.75) is 42.1 Å². The Morgan fingerprint density at radius 2 is 1.25 bits per heavy atom. The molecule has 1 rings (SSSR count). The first kappa shape index (κ1) is 21.1. The van der Waals surface area contributed by atoms with Crippen molar-refractivity contribution in [3.05, 3.63) is 0 Å². The van der Waals surface area contributed by atoms with Gasteiger partial charge < -0.3 is 9.47 Å². The van der Waals surface area contributed by atoms with Gasteiger partial charge in [0.1, 0.15) is 6.10 Å². The highest BCUT2D eigenvalue weighted by Crippen LogP contribution is 2.55. The van der Waals surface area contributed by atoms with Crippen LogP contribution in [0.4, 0.5) is 52.7 Å². The first-order valence-corrected chi connectivity index (χ1v) is 5.90. The summed E-state index contributed by atoms with van der Waals surface area (Å²) in [6.45, 7) is -3.54. The van der Waals surface area contributed by atoms with Gasteiger partial charge in [0.15, 0.2) is 6.17 Å². The summed E-state index contributed by atoms with van der Waals surface area (Å²) in [7, 11) is 0. The first-order chi connectivity index (χ1) is 10.5. The van der Waals surface area contributed by atoms with Gasteiger partial charge in [0, 0.05) is 0 Å². The Morgan fingerprint density at radius 3 is 1.54 bits per heavy atom.